The molecule has 1 fully saturated rings. The molecule has 0 aliphatic carbocycles. The van der Waals surface area contributed by atoms with E-state index in [-0.39, 0.29) is 11.6 Å². The number of nitrogens with two attached hydrogens (primary N) is 1. The average molecular weight is 215 g/mol. The molecule has 0 radical (unpaired) electrons. The van der Waals surface area contributed by atoms with Crippen LogP contribution in [0.25, 0.3) is 0 Å². The van der Waals surface area contributed by atoms with Crippen molar-refractivity contribution in [3.8, 4) is 0 Å². The van der Waals surface area contributed by atoms with E-state index in [2.05, 4.69) is 13.8 Å². The Kier molecular flexibility index (Phi) is 5.03. The Morgan fingerprint density at radius 1 is 1.33 bits per heavy atom. The third-order valence-corrected chi connectivity index (χ3v) is 3.17. The standard InChI is InChI=1S/C12H25NO2/c1-4-15-12(5-7-14-8-6-12)11(13)9-10(2)3/h10-11H,4-9,13H2,1-3H3. The molecule has 2 N–H and O–H groups in total. The molecule has 1 aliphatic heterocycles. The van der Waals surface area contributed by atoms with E-state index in [1.807, 2.05) is 6.92 Å². The molecule has 0 spiro atoms. The van der Waals surface area contributed by atoms with Gasteiger partial charge in [0.15, 0.2) is 0 Å². The van der Waals surface area contributed by atoms with Gasteiger partial charge in [0.1, 0.15) is 0 Å². The highest BCUT2D eigenvalue weighted by Gasteiger charge is 2.39. The van der Waals surface area contributed by atoms with Gasteiger partial charge in [0.25, 0.3) is 0 Å². The fraction of sp³-hybridized carbons (Fsp3) is 1.00. The van der Waals surface area contributed by atoms with Crippen molar-refractivity contribution in [2.75, 3.05) is 19.8 Å². The second kappa shape index (κ2) is 5.83. The van der Waals surface area contributed by atoms with Crippen molar-refractivity contribution in [3.05, 3.63) is 0 Å². The molecule has 0 amide bonds. The highest BCUT2D eigenvalue weighted by atomic mass is 16.5. The van der Waals surface area contributed by atoms with E-state index in [4.69, 9.17) is 15.2 Å². The normalized spacial score (nSPS) is 23.0. The molecule has 1 rings (SSSR count). The Bertz CT molecular complexity index is 171. The summed E-state index contributed by atoms with van der Waals surface area (Å²) in [6.07, 6.45) is 2.91. The molecule has 1 aliphatic rings. The summed E-state index contributed by atoms with van der Waals surface area (Å²) in [6, 6.07) is 0.140. The summed E-state index contributed by atoms with van der Waals surface area (Å²) < 4.78 is 11.3. The van der Waals surface area contributed by atoms with Gasteiger partial charge >= 0.3 is 0 Å². The van der Waals surface area contributed by atoms with Crippen LogP contribution >= 0.6 is 0 Å². The van der Waals surface area contributed by atoms with Gasteiger partial charge in [-0.15, -0.1) is 0 Å². The molecule has 1 saturated heterocycles. The third-order valence-electron chi connectivity index (χ3n) is 3.17. The molecule has 3 heteroatoms. The van der Waals surface area contributed by atoms with Gasteiger partial charge in [-0.3, -0.25) is 0 Å². The summed E-state index contributed by atoms with van der Waals surface area (Å²) in [6.45, 7) is 8.76. The Labute approximate surface area is 93.3 Å². The van der Waals surface area contributed by atoms with Gasteiger partial charge in [0.05, 0.1) is 5.60 Å². The van der Waals surface area contributed by atoms with Crippen LogP contribution in [0.4, 0.5) is 0 Å². The second-order valence-electron chi connectivity index (χ2n) is 4.85. The molecule has 3 nitrogen and oxygen atoms in total. The van der Waals surface area contributed by atoms with Crippen LogP contribution < -0.4 is 5.73 Å². The quantitative estimate of drug-likeness (QED) is 0.762. The van der Waals surface area contributed by atoms with E-state index >= 15 is 0 Å². The smallest absolute Gasteiger partial charge is 0.0876 e. The van der Waals surface area contributed by atoms with Crippen molar-refractivity contribution in [3.63, 3.8) is 0 Å². The summed E-state index contributed by atoms with van der Waals surface area (Å²) in [5.74, 6) is 0.625. The lowest BCUT2D eigenvalue weighted by molar-refractivity contribution is -0.123. The highest BCUT2D eigenvalue weighted by molar-refractivity contribution is 4.93. The van der Waals surface area contributed by atoms with Crippen LogP contribution in [0.5, 0.6) is 0 Å². The van der Waals surface area contributed by atoms with Crippen molar-refractivity contribution >= 4 is 0 Å². The molecule has 0 bridgehead atoms. The van der Waals surface area contributed by atoms with Crippen LogP contribution in [-0.2, 0) is 9.47 Å². The van der Waals surface area contributed by atoms with Crippen LogP contribution in [0.2, 0.25) is 0 Å². The Hall–Kier alpha value is -0.120. The summed E-state index contributed by atoms with van der Waals surface area (Å²) >= 11 is 0. The SMILES string of the molecule is CCOC1(C(N)CC(C)C)CCOCC1. The number of hydrogen-bond donors (Lipinski definition) is 1. The topological polar surface area (TPSA) is 44.5 Å². The summed E-state index contributed by atoms with van der Waals surface area (Å²) in [4.78, 5) is 0. The average Bonchev–Trinajstić information content (AvgIpc) is 2.18. The van der Waals surface area contributed by atoms with Crippen molar-refractivity contribution in [2.45, 2.75) is 51.7 Å². The predicted molar refractivity (Wildman–Crippen MR) is 61.8 cm³/mol. The maximum atomic E-state index is 6.29. The van der Waals surface area contributed by atoms with E-state index in [0.717, 1.165) is 39.1 Å². The first kappa shape index (κ1) is 12.9. The molecule has 0 saturated carbocycles. The molecule has 0 aromatic carbocycles. The van der Waals surface area contributed by atoms with Crippen LogP contribution in [0.1, 0.15) is 40.0 Å². The Balaban J connectivity index is 2.61. The number of hydrogen-bond acceptors (Lipinski definition) is 3. The number of ether oxygens (including phenoxy) is 2. The van der Waals surface area contributed by atoms with E-state index in [9.17, 15) is 0 Å². The fourth-order valence-corrected chi connectivity index (χ4v) is 2.35. The molecule has 90 valence electrons. The molecular weight excluding hydrogens is 190 g/mol. The monoisotopic (exact) mass is 215 g/mol. The van der Waals surface area contributed by atoms with Gasteiger partial charge < -0.3 is 15.2 Å². The van der Waals surface area contributed by atoms with Gasteiger partial charge in [-0.25, -0.2) is 0 Å². The minimum absolute atomic E-state index is 0.128. The van der Waals surface area contributed by atoms with Crippen molar-refractivity contribution < 1.29 is 9.47 Å². The first-order valence-corrected chi connectivity index (χ1v) is 6.08. The van der Waals surface area contributed by atoms with Crippen molar-refractivity contribution in [1.82, 2.24) is 0 Å². The van der Waals surface area contributed by atoms with E-state index in [1.165, 1.54) is 0 Å². The zero-order valence-electron chi connectivity index (χ0n) is 10.3. The molecule has 15 heavy (non-hydrogen) atoms. The molecule has 1 heterocycles. The first-order chi connectivity index (χ1) is 7.10. The van der Waals surface area contributed by atoms with Gasteiger partial charge in [0, 0.05) is 38.7 Å². The molecule has 1 unspecified atom stereocenters. The van der Waals surface area contributed by atoms with E-state index in [0.29, 0.717) is 5.92 Å². The van der Waals surface area contributed by atoms with Crippen LogP contribution in [0.3, 0.4) is 0 Å². The van der Waals surface area contributed by atoms with Crippen molar-refractivity contribution in [1.29, 1.82) is 0 Å². The summed E-state index contributed by atoms with van der Waals surface area (Å²) in [5.41, 5.74) is 6.16. The predicted octanol–water partition coefficient (Wildman–Crippen LogP) is 1.95. The van der Waals surface area contributed by atoms with Gasteiger partial charge in [-0.2, -0.15) is 0 Å². The van der Waals surface area contributed by atoms with E-state index in [1.54, 1.807) is 0 Å². The maximum Gasteiger partial charge on any atom is 0.0876 e. The fourth-order valence-electron chi connectivity index (χ4n) is 2.35. The van der Waals surface area contributed by atoms with Gasteiger partial charge in [0.2, 0.25) is 0 Å². The Morgan fingerprint density at radius 3 is 2.40 bits per heavy atom. The van der Waals surface area contributed by atoms with Crippen LogP contribution in [0, 0.1) is 5.92 Å². The lowest BCUT2D eigenvalue weighted by Crippen LogP contribution is -2.54. The molecule has 1 atom stereocenters. The van der Waals surface area contributed by atoms with Crippen LogP contribution in [0.15, 0.2) is 0 Å². The highest BCUT2D eigenvalue weighted by Crippen LogP contribution is 2.30. The lowest BCUT2D eigenvalue weighted by atomic mass is 9.82. The third kappa shape index (κ3) is 3.44. The minimum atomic E-state index is -0.128. The van der Waals surface area contributed by atoms with Crippen LogP contribution in [-0.4, -0.2) is 31.5 Å². The maximum absolute atomic E-state index is 6.29. The van der Waals surface area contributed by atoms with E-state index < -0.39 is 0 Å². The largest absolute Gasteiger partial charge is 0.381 e. The van der Waals surface area contributed by atoms with Gasteiger partial charge in [-0.1, -0.05) is 13.8 Å². The number of rotatable bonds is 5. The lowest BCUT2D eigenvalue weighted by Gasteiger charge is -2.42. The minimum Gasteiger partial charge on any atom is -0.381 e. The molecular formula is C12H25NO2. The molecule has 0 aromatic heterocycles. The molecule has 0 aromatic rings. The second-order valence-corrected chi connectivity index (χ2v) is 4.85. The first-order valence-electron chi connectivity index (χ1n) is 6.08. The van der Waals surface area contributed by atoms with Gasteiger partial charge in [-0.05, 0) is 19.3 Å². The zero-order valence-corrected chi connectivity index (χ0v) is 10.3. The summed E-state index contributed by atoms with van der Waals surface area (Å²) in [7, 11) is 0. The Morgan fingerprint density at radius 2 is 1.93 bits per heavy atom. The summed E-state index contributed by atoms with van der Waals surface area (Å²) in [5, 5.41) is 0. The van der Waals surface area contributed by atoms with Crippen molar-refractivity contribution in [2.24, 2.45) is 11.7 Å². The zero-order chi connectivity index (χ0) is 11.3.